The highest BCUT2D eigenvalue weighted by atomic mass is 32.2. The summed E-state index contributed by atoms with van der Waals surface area (Å²) in [6.45, 7) is 10.6. The monoisotopic (exact) mass is 430 g/mol. The lowest BCUT2D eigenvalue weighted by molar-refractivity contribution is 0.406. The summed E-state index contributed by atoms with van der Waals surface area (Å²) >= 11 is 0. The molecule has 1 heterocycles. The molecule has 1 aliphatic heterocycles. The van der Waals surface area contributed by atoms with Gasteiger partial charge in [0.15, 0.2) is 0 Å². The van der Waals surface area contributed by atoms with Gasteiger partial charge in [-0.3, -0.25) is 0 Å². The molecule has 1 atom stereocenters. The first-order valence-electron chi connectivity index (χ1n) is 10.7. The summed E-state index contributed by atoms with van der Waals surface area (Å²) in [5, 5.41) is 0. The Balaban J connectivity index is 1.73. The molecule has 0 radical (unpaired) electrons. The van der Waals surface area contributed by atoms with Crippen LogP contribution in [0.3, 0.4) is 0 Å². The third kappa shape index (κ3) is 5.16. The average Bonchev–Trinajstić information content (AvgIpc) is 2.72. The number of sulfonamides is 1. The SMILES string of the molecule is COc1cc(C)c(S(=O)(=O)NCc2ccc(N3CCC[C@@H](C)C3)cc2)cc1C(C)C. The van der Waals surface area contributed by atoms with Crippen molar-refractivity contribution in [3.05, 3.63) is 53.1 Å². The number of ether oxygens (including phenoxy) is 1. The zero-order valence-electron chi connectivity index (χ0n) is 18.7. The van der Waals surface area contributed by atoms with Crippen LogP contribution in [-0.4, -0.2) is 28.6 Å². The first-order chi connectivity index (χ1) is 14.2. The number of rotatable bonds is 7. The number of methoxy groups -OCH3 is 1. The van der Waals surface area contributed by atoms with Crippen LogP contribution < -0.4 is 14.4 Å². The van der Waals surface area contributed by atoms with Crippen LogP contribution in [0.1, 0.15) is 56.2 Å². The zero-order valence-corrected chi connectivity index (χ0v) is 19.6. The van der Waals surface area contributed by atoms with Crippen molar-refractivity contribution in [2.75, 3.05) is 25.1 Å². The molecule has 1 aliphatic rings. The number of hydrogen-bond acceptors (Lipinski definition) is 4. The molecule has 0 aliphatic carbocycles. The van der Waals surface area contributed by atoms with Crippen molar-refractivity contribution in [2.45, 2.75) is 57.9 Å². The maximum atomic E-state index is 13.0. The van der Waals surface area contributed by atoms with Gasteiger partial charge in [-0.15, -0.1) is 0 Å². The Labute approximate surface area is 181 Å². The maximum absolute atomic E-state index is 13.0. The summed E-state index contributed by atoms with van der Waals surface area (Å²) in [6, 6.07) is 11.8. The van der Waals surface area contributed by atoms with E-state index in [4.69, 9.17) is 4.74 Å². The molecule has 1 N–H and O–H groups in total. The zero-order chi connectivity index (χ0) is 21.9. The van der Waals surface area contributed by atoms with Gasteiger partial charge in [0.05, 0.1) is 12.0 Å². The first kappa shape index (κ1) is 22.6. The summed E-state index contributed by atoms with van der Waals surface area (Å²) in [4.78, 5) is 2.72. The van der Waals surface area contributed by atoms with E-state index in [0.29, 0.717) is 16.4 Å². The summed E-state index contributed by atoms with van der Waals surface area (Å²) in [6.07, 6.45) is 2.52. The molecule has 0 amide bonds. The van der Waals surface area contributed by atoms with Crippen LogP contribution in [-0.2, 0) is 16.6 Å². The third-order valence-electron chi connectivity index (χ3n) is 5.86. The molecule has 30 heavy (non-hydrogen) atoms. The van der Waals surface area contributed by atoms with Crippen LogP contribution in [0, 0.1) is 12.8 Å². The van der Waals surface area contributed by atoms with Gasteiger partial charge in [0.25, 0.3) is 0 Å². The second-order valence-corrected chi connectivity index (χ2v) is 10.4. The van der Waals surface area contributed by atoms with Crippen LogP contribution >= 0.6 is 0 Å². The summed E-state index contributed by atoms with van der Waals surface area (Å²) in [7, 11) is -2.01. The first-order valence-corrected chi connectivity index (χ1v) is 12.2. The Morgan fingerprint density at radius 1 is 1.20 bits per heavy atom. The van der Waals surface area contributed by atoms with Crippen molar-refractivity contribution in [1.29, 1.82) is 0 Å². The highest BCUT2D eigenvalue weighted by molar-refractivity contribution is 7.89. The van der Waals surface area contributed by atoms with E-state index >= 15 is 0 Å². The molecule has 5 nitrogen and oxygen atoms in total. The lowest BCUT2D eigenvalue weighted by Gasteiger charge is -2.32. The van der Waals surface area contributed by atoms with E-state index < -0.39 is 10.0 Å². The van der Waals surface area contributed by atoms with E-state index in [9.17, 15) is 8.42 Å². The quantitative estimate of drug-likeness (QED) is 0.683. The number of piperidine rings is 1. The van der Waals surface area contributed by atoms with E-state index in [1.807, 2.05) is 26.0 Å². The van der Waals surface area contributed by atoms with Gasteiger partial charge in [0.2, 0.25) is 10.0 Å². The van der Waals surface area contributed by atoms with E-state index in [0.717, 1.165) is 30.0 Å². The molecule has 2 aromatic rings. The Morgan fingerprint density at radius 3 is 2.50 bits per heavy atom. The molecule has 1 saturated heterocycles. The lowest BCUT2D eigenvalue weighted by Crippen LogP contribution is -2.34. The van der Waals surface area contributed by atoms with Gasteiger partial charge in [0.1, 0.15) is 5.75 Å². The maximum Gasteiger partial charge on any atom is 0.241 e. The molecular formula is C24H34N2O3S. The molecule has 3 rings (SSSR count). The number of anilines is 1. The molecule has 0 saturated carbocycles. The number of hydrogen-bond donors (Lipinski definition) is 1. The fourth-order valence-electron chi connectivity index (χ4n) is 4.10. The summed E-state index contributed by atoms with van der Waals surface area (Å²) in [5.74, 6) is 1.61. The average molecular weight is 431 g/mol. The highest BCUT2D eigenvalue weighted by Crippen LogP contribution is 2.31. The van der Waals surface area contributed by atoms with Crippen LogP contribution in [0.15, 0.2) is 41.3 Å². The minimum absolute atomic E-state index is 0.166. The molecule has 164 valence electrons. The molecule has 0 unspecified atom stereocenters. The second-order valence-electron chi connectivity index (χ2n) is 8.70. The topological polar surface area (TPSA) is 58.6 Å². The lowest BCUT2D eigenvalue weighted by atomic mass is 9.99. The molecule has 0 bridgehead atoms. The van der Waals surface area contributed by atoms with E-state index in [-0.39, 0.29) is 12.5 Å². The van der Waals surface area contributed by atoms with E-state index in [1.54, 1.807) is 26.2 Å². The van der Waals surface area contributed by atoms with Crippen molar-refractivity contribution in [1.82, 2.24) is 4.72 Å². The molecular weight excluding hydrogens is 396 g/mol. The minimum atomic E-state index is -3.62. The second kappa shape index (κ2) is 9.40. The predicted octanol–water partition coefficient (Wildman–Crippen LogP) is 4.84. The number of nitrogens with zero attached hydrogens (tertiary/aromatic N) is 1. The van der Waals surface area contributed by atoms with Crippen molar-refractivity contribution in [2.24, 2.45) is 5.92 Å². The van der Waals surface area contributed by atoms with Crippen LogP contribution in [0.2, 0.25) is 0 Å². The smallest absolute Gasteiger partial charge is 0.241 e. The standard InChI is InChI=1S/C24H34N2O3S/c1-17(2)22-14-24(19(4)13-23(22)29-5)30(27,28)25-15-20-8-10-21(11-9-20)26-12-6-7-18(3)16-26/h8-11,13-14,17-18,25H,6-7,12,15-16H2,1-5H3/t18-/m1/s1. The Bertz CT molecular complexity index is 969. The van der Waals surface area contributed by atoms with Gasteiger partial charge in [-0.05, 0) is 72.6 Å². The molecule has 6 heteroatoms. The van der Waals surface area contributed by atoms with Crippen molar-refractivity contribution < 1.29 is 13.2 Å². The third-order valence-corrected chi connectivity index (χ3v) is 7.41. The van der Waals surface area contributed by atoms with Gasteiger partial charge in [-0.2, -0.15) is 0 Å². The number of benzene rings is 2. The molecule has 2 aromatic carbocycles. The largest absolute Gasteiger partial charge is 0.496 e. The van der Waals surface area contributed by atoms with Crippen LogP contribution in [0.5, 0.6) is 5.75 Å². The Morgan fingerprint density at radius 2 is 1.90 bits per heavy atom. The van der Waals surface area contributed by atoms with E-state index in [2.05, 4.69) is 28.7 Å². The van der Waals surface area contributed by atoms with Gasteiger partial charge in [-0.25, -0.2) is 13.1 Å². The molecule has 0 spiro atoms. The molecule has 0 aromatic heterocycles. The van der Waals surface area contributed by atoms with Crippen LogP contribution in [0.25, 0.3) is 0 Å². The predicted molar refractivity (Wildman–Crippen MR) is 123 cm³/mol. The Kier molecular flexibility index (Phi) is 7.09. The van der Waals surface area contributed by atoms with Gasteiger partial charge in [-0.1, -0.05) is 32.9 Å². The minimum Gasteiger partial charge on any atom is -0.496 e. The Hall–Kier alpha value is -2.05. The summed E-state index contributed by atoms with van der Waals surface area (Å²) in [5.41, 5.74) is 3.73. The highest BCUT2D eigenvalue weighted by Gasteiger charge is 2.21. The van der Waals surface area contributed by atoms with Crippen molar-refractivity contribution in [3.8, 4) is 5.75 Å². The molecule has 1 fully saturated rings. The number of nitrogens with one attached hydrogen (secondary N) is 1. The fraction of sp³-hybridized carbons (Fsp3) is 0.500. The van der Waals surface area contributed by atoms with Gasteiger partial charge >= 0.3 is 0 Å². The van der Waals surface area contributed by atoms with Crippen molar-refractivity contribution in [3.63, 3.8) is 0 Å². The normalized spacial score (nSPS) is 17.4. The fourth-order valence-corrected chi connectivity index (χ4v) is 5.38. The summed E-state index contributed by atoms with van der Waals surface area (Å²) < 4.78 is 34.2. The van der Waals surface area contributed by atoms with Crippen LogP contribution in [0.4, 0.5) is 5.69 Å². The van der Waals surface area contributed by atoms with Gasteiger partial charge < -0.3 is 9.64 Å². The number of aryl methyl sites for hydroxylation is 1. The van der Waals surface area contributed by atoms with Gasteiger partial charge in [0, 0.05) is 25.3 Å². The van der Waals surface area contributed by atoms with E-state index in [1.165, 1.54) is 18.5 Å². The van der Waals surface area contributed by atoms with Crippen molar-refractivity contribution >= 4 is 15.7 Å².